The van der Waals surface area contributed by atoms with Crippen molar-refractivity contribution >= 4 is 26.9 Å². The van der Waals surface area contributed by atoms with Crippen LogP contribution in [-0.4, -0.2) is 10.4 Å². The summed E-state index contributed by atoms with van der Waals surface area (Å²) >= 11 is 3.33. The number of aryl methyl sites for hydroxylation is 2. The van der Waals surface area contributed by atoms with Crippen molar-refractivity contribution < 1.29 is 9.52 Å². The molecule has 1 aromatic heterocycles. The van der Waals surface area contributed by atoms with Crippen LogP contribution in [0.5, 0.6) is 0 Å². The van der Waals surface area contributed by atoms with Crippen LogP contribution in [0.2, 0.25) is 0 Å². The highest BCUT2D eigenvalue weighted by molar-refractivity contribution is 9.09. The van der Waals surface area contributed by atoms with Crippen molar-refractivity contribution in [2.45, 2.75) is 18.9 Å². The van der Waals surface area contributed by atoms with Gasteiger partial charge < -0.3 is 9.52 Å². The van der Waals surface area contributed by atoms with Crippen LogP contribution in [0.25, 0.3) is 11.0 Å². The highest BCUT2D eigenvalue weighted by Gasteiger charge is 2.19. The van der Waals surface area contributed by atoms with Crippen LogP contribution in [0.15, 0.2) is 59.0 Å². The number of benzene rings is 2. The maximum absolute atomic E-state index is 10.2. The molecule has 0 saturated heterocycles. The molecule has 1 heterocycles. The summed E-state index contributed by atoms with van der Waals surface area (Å²) in [5, 5.41) is 11.7. The molecule has 3 rings (SSSR count). The number of alkyl halides is 1. The maximum Gasteiger partial charge on any atom is 0.137 e. The number of aliphatic hydroxyl groups is 1. The number of para-hydroxylation sites is 1. The van der Waals surface area contributed by atoms with Gasteiger partial charge in [0.05, 0.1) is 0 Å². The largest absolute Gasteiger partial charge is 0.458 e. The predicted molar refractivity (Wildman–Crippen MR) is 88.8 cm³/mol. The molecule has 0 spiro atoms. The second-order valence-corrected chi connectivity index (χ2v) is 5.74. The number of fused-ring (bicyclic) bond motifs is 1. The Morgan fingerprint density at radius 2 is 1.67 bits per heavy atom. The van der Waals surface area contributed by atoms with E-state index in [2.05, 4.69) is 46.3 Å². The Kier molecular flexibility index (Phi) is 4.42. The summed E-state index contributed by atoms with van der Waals surface area (Å²) < 4.78 is 5.86. The van der Waals surface area contributed by atoms with Crippen LogP contribution >= 0.6 is 15.9 Å². The first-order valence-corrected chi connectivity index (χ1v) is 8.20. The minimum atomic E-state index is -0.608. The molecule has 0 fully saturated rings. The van der Waals surface area contributed by atoms with E-state index in [-0.39, 0.29) is 0 Å². The van der Waals surface area contributed by atoms with E-state index >= 15 is 0 Å². The van der Waals surface area contributed by atoms with Crippen LogP contribution in [0, 0.1) is 0 Å². The summed E-state index contributed by atoms with van der Waals surface area (Å²) in [7, 11) is 0. The van der Waals surface area contributed by atoms with Crippen molar-refractivity contribution in [3.8, 4) is 0 Å². The molecule has 108 valence electrons. The van der Waals surface area contributed by atoms with Gasteiger partial charge in [-0.2, -0.15) is 0 Å². The van der Waals surface area contributed by atoms with E-state index in [4.69, 9.17) is 4.42 Å². The zero-order chi connectivity index (χ0) is 14.7. The van der Waals surface area contributed by atoms with E-state index in [1.165, 1.54) is 5.56 Å². The molecule has 3 heteroatoms. The average molecular weight is 345 g/mol. The van der Waals surface area contributed by atoms with Crippen molar-refractivity contribution in [2.24, 2.45) is 0 Å². The molecule has 0 amide bonds. The molecule has 3 aromatic rings. The van der Waals surface area contributed by atoms with E-state index in [0.717, 1.165) is 29.4 Å². The Morgan fingerprint density at radius 3 is 2.43 bits per heavy atom. The van der Waals surface area contributed by atoms with Crippen molar-refractivity contribution in [2.75, 3.05) is 5.33 Å². The van der Waals surface area contributed by atoms with Gasteiger partial charge in [-0.3, -0.25) is 0 Å². The van der Waals surface area contributed by atoms with Crippen LogP contribution in [0.1, 0.15) is 23.0 Å². The monoisotopic (exact) mass is 344 g/mol. The van der Waals surface area contributed by atoms with E-state index in [0.29, 0.717) is 11.1 Å². The van der Waals surface area contributed by atoms with Crippen molar-refractivity contribution in [3.63, 3.8) is 0 Å². The summed E-state index contributed by atoms with van der Waals surface area (Å²) in [6, 6.07) is 18.4. The Morgan fingerprint density at radius 1 is 0.952 bits per heavy atom. The van der Waals surface area contributed by atoms with Gasteiger partial charge in [-0.15, -0.1) is 0 Å². The van der Waals surface area contributed by atoms with Crippen LogP contribution in [-0.2, 0) is 12.8 Å². The van der Waals surface area contributed by atoms with Crippen LogP contribution in [0.4, 0.5) is 0 Å². The summed E-state index contributed by atoms with van der Waals surface area (Å²) in [5.41, 5.74) is 3.25. The van der Waals surface area contributed by atoms with Gasteiger partial charge in [0, 0.05) is 16.3 Å². The summed E-state index contributed by atoms with van der Waals surface area (Å²) in [6.45, 7) is 0. The zero-order valence-corrected chi connectivity index (χ0v) is 13.2. The average Bonchev–Trinajstić information content (AvgIpc) is 2.92. The topological polar surface area (TPSA) is 33.4 Å². The number of halogens is 1. The second-order valence-electron chi connectivity index (χ2n) is 5.10. The molecule has 0 bridgehead atoms. The van der Waals surface area contributed by atoms with Gasteiger partial charge in [-0.25, -0.2) is 0 Å². The maximum atomic E-state index is 10.2. The van der Waals surface area contributed by atoms with Crippen LogP contribution in [0.3, 0.4) is 0 Å². The molecule has 2 nitrogen and oxygen atoms in total. The third-order valence-corrected chi connectivity index (χ3v) is 4.30. The lowest BCUT2D eigenvalue weighted by molar-refractivity contribution is 0.176. The van der Waals surface area contributed by atoms with E-state index in [1.54, 1.807) is 0 Å². The van der Waals surface area contributed by atoms with Gasteiger partial charge in [0.15, 0.2) is 0 Å². The molecule has 21 heavy (non-hydrogen) atoms. The molecule has 0 aliphatic carbocycles. The predicted octanol–water partition coefficient (Wildman–Crippen LogP) is 4.65. The highest BCUT2D eigenvalue weighted by atomic mass is 79.9. The third kappa shape index (κ3) is 3.04. The van der Waals surface area contributed by atoms with Gasteiger partial charge >= 0.3 is 0 Å². The van der Waals surface area contributed by atoms with Gasteiger partial charge in [-0.05, 0) is 24.5 Å². The first kappa shape index (κ1) is 14.4. The molecule has 0 unspecified atom stereocenters. The second kappa shape index (κ2) is 6.46. The SMILES string of the molecule is O[C@H](CBr)c1oc2ccccc2c1CCc1ccccc1. The Balaban J connectivity index is 1.95. The molecule has 1 atom stereocenters. The first-order chi connectivity index (χ1) is 10.3. The Bertz CT molecular complexity index is 718. The number of aliphatic hydroxyl groups excluding tert-OH is 1. The summed E-state index contributed by atoms with van der Waals surface area (Å²) in [5.74, 6) is 0.684. The number of hydrogen-bond donors (Lipinski definition) is 1. The summed E-state index contributed by atoms with van der Waals surface area (Å²) in [4.78, 5) is 0. The van der Waals surface area contributed by atoms with Gasteiger partial charge in [0.1, 0.15) is 17.4 Å². The zero-order valence-electron chi connectivity index (χ0n) is 11.6. The number of hydrogen-bond acceptors (Lipinski definition) is 2. The van der Waals surface area contributed by atoms with Crippen LogP contribution < -0.4 is 0 Å². The normalized spacial score (nSPS) is 12.7. The lowest BCUT2D eigenvalue weighted by Crippen LogP contribution is -2.02. The van der Waals surface area contributed by atoms with Gasteiger partial charge in [0.25, 0.3) is 0 Å². The molecular weight excluding hydrogens is 328 g/mol. The van der Waals surface area contributed by atoms with E-state index < -0.39 is 6.10 Å². The van der Waals surface area contributed by atoms with Crippen molar-refractivity contribution in [3.05, 3.63) is 71.5 Å². The lowest BCUT2D eigenvalue weighted by Gasteiger charge is -2.07. The Hall–Kier alpha value is -1.58. The fraction of sp³-hybridized carbons (Fsp3) is 0.222. The van der Waals surface area contributed by atoms with Gasteiger partial charge in [-0.1, -0.05) is 64.5 Å². The van der Waals surface area contributed by atoms with Gasteiger partial charge in [0.2, 0.25) is 0 Å². The summed E-state index contributed by atoms with van der Waals surface area (Å²) in [6.07, 6.45) is 1.19. The molecule has 0 saturated carbocycles. The Labute approximate surface area is 132 Å². The minimum absolute atomic E-state index is 0.477. The van der Waals surface area contributed by atoms with Crippen molar-refractivity contribution in [1.29, 1.82) is 0 Å². The molecule has 0 aliphatic heterocycles. The van der Waals surface area contributed by atoms with E-state index in [1.807, 2.05) is 24.3 Å². The highest BCUT2D eigenvalue weighted by Crippen LogP contribution is 2.31. The molecule has 0 radical (unpaired) electrons. The molecule has 0 aliphatic rings. The molecule has 2 aromatic carbocycles. The first-order valence-electron chi connectivity index (χ1n) is 7.08. The molecule has 1 N–H and O–H groups in total. The number of rotatable bonds is 5. The third-order valence-electron chi connectivity index (χ3n) is 3.68. The fourth-order valence-corrected chi connectivity index (χ4v) is 2.92. The fourth-order valence-electron chi connectivity index (χ4n) is 2.63. The molecular formula is C18H17BrO2. The van der Waals surface area contributed by atoms with E-state index in [9.17, 15) is 5.11 Å². The minimum Gasteiger partial charge on any atom is -0.458 e. The number of furan rings is 1. The standard InChI is InChI=1S/C18H17BrO2/c19-12-16(20)18-15(11-10-13-6-2-1-3-7-13)14-8-4-5-9-17(14)21-18/h1-9,16,20H,10-12H2/t16-/m1/s1. The lowest BCUT2D eigenvalue weighted by atomic mass is 10.0. The smallest absolute Gasteiger partial charge is 0.137 e. The quantitative estimate of drug-likeness (QED) is 0.683. The van der Waals surface area contributed by atoms with Crippen molar-refractivity contribution in [1.82, 2.24) is 0 Å².